The van der Waals surface area contributed by atoms with E-state index in [4.69, 9.17) is 10.00 Å². The average molecular weight is 310 g/mol. The lowest BCUT2D eigenvalue weighted by molar-refractivity contribution is 0.205. The Morgan fingerprint density at radius 2 is 2.24 bits per heavy atom. The van der Waals surface area contributed by atoms with Crippen LogP contribution in [-0.2, 0) is 10.0 Å². The molecule has 2 rings (SSSR count). The predicted octanol–water partition coefficient (Wildman–Crippen LogP) is 0.931. The maximum absolute atomic E-state index is 12.1. The van der Waals surface area contributed by atoms with Gasteiger partial charge in [-0.1, -0.05) is 13.3 Å². The lowest BCUT2D eigenvalue weighted by Gasteiger charge is -2.16. The van der Waals surface area contributed by atoms with Crippen LogP contribution in [0.3, 0.4) is 0 Å². The van der Waals surface area contributed by atoms with Crippen LogP contribution in [0.5, 0.6) is 5.88 Å². The van der Waals surface area contributed by atoms with Crippen molar-refractivity contribution in [2.45, 2.75) is 32.3 Å². The van der Waals surface area contributed by atoms with Crippen molar-refractivity contribution in [3.8, 4) is 11.9 Å². The zero-order chi connectivity index (χ0) is 15.3. The first kappa shape index (κ1) is 15.7. The number of aromatic nitrogens is 2. The van der Waals surface area contributed by atoms with E-state index in [9.17, 15) is 8.42 Å². The highest BCUT2D eigenvalue weighted by Gasteiger charge is 2.32. The zero-order valence-electron chi connectivity index (χ0n) is 11.9. The zero-order valence-corrected chi connectivity index (χ0v) is 12.7. The highest BCUT2D eigenvalue weighted by Crippen LogP contribution is 2.21. The molecule has 0 amide bonds. The fourth-order valence-corrected chi connectivity index (χ4v) is 3.84. The van der Waals surface area contributed by atoms with Gasteiger partial charge in [-0.2, -0.15) is 9.57 Å². The van der Waals surface area contributed by atoms with E-state index in [1.54, 1.807) is 0 Å². The third-order valence-electron chi connectivity index (χ3n) is 3.31. The minimum absolute atomic E-state index is 0.116. The van der Waals surface area contributed by atoms with Crippen LogP contribution in [-0.4, -0.2) is 47.6 Å². The highest BCUT2D eigenvalue weighted by atomic mass is 32.2. The number of hydrogen-bond donors (Lipinski definition) is 0. The van der Waals surface area contributed by atoms with Gasteiger partial charge < -0.3 is 4.74 Å². The molecule has 114 valence electrons. The van der Waals surface area contributed by atoms with Crippen molar-refractivity contribution in [3.05, 3.63) is 18.1 Å². The van der Waals surface area contributed by atoms with Gasteiger partial charge in [0.05, 0.1) is 12.3 Å². The van der Waals surface area contributed by atoms with Crippen molar-refractivity contribution in [1.29, 1.82) is 5.26 Å². The van der Waals surface area contributed by atoms with E-state index >= 15 is 0 Å². The molecule has 1 aromatic rings. The van der Waals surface area contributed by atoms with Gasteiger partial charge in [0, 0.05) is 18.9 Å². The van der Waals surface area contributed by atoms with Crippen LogP contribution in [0.2, 0.25) is 0 Å². The number of ether oxygens (including phenoxy) is 1. The molecule has 7 nitrogen and oxygen atoms in total. The third-order valence-corrected chi connectivity index (χ3v) is 5.23. The first-order valence-electron chi connectivity index (χ1n) is 6.92. The Balaban J connectivity index is 1.99. The molecule has 0 spiro atoms. The summed E-state index contributed by atoms with van der Waals surface area (Å²) in [5.41, 5.74) is 0.116. The summed E-state index contributed by atoms with van der Waals surface area (Å²) in [6.45, 7) is 2.70. The predicted molar refractivity (Wildman–Crippen MR) is 76.0 cm³/mol. The molecule has 0 aromatic carbocycles. The molecule has 0 radical (unpaired) electrons. The fourth-order valence-electron chi connectivity index (χ4n) is 2.15. The minimum atomic E-state index is -3.21. The standard InChI is InChI=1S/C13H18N4O3S/c1-2-3-8-21(18,19)17-7-4-11(10-17)20-13-12(9-14)15-5-6-16-13/h5-6,11H,2-4,7-8,10H2,1H3. The van der Waals surface area contributed by atoms with E-state index < -0.39 is 10.0 Å². The second kappa shape index (κ2) is 6.83. The smallest absolute Gasteiger partial charge is 0.251 e. The number of nitrogens with zero attached hydrogens (tertiary/aromatic N) is 4. The molecule has 1 aliphatic rings. The summed E-state index contributed by atoms with van der Waals surface area (Å²) in [4.78, 5) is 7.84. The summed E-state index contributed by atoms with van der Waals surface area (Å²) in [6.07, 6.45) is 4.67. The van der Waals surface area contributed by atoms with E-state index in [1.807, 2.05) is 13.0 Å². The molecule has 1 aliphatic heterocycles. The number of unbranched alkanes of at least 4 members (excludes halogenated alkanes) is 1. The number of nitriles is 1. The average Bonchev–Trinajstić information content (AvgIpc) is 2.95. The Kier molecular flexibility index (Phi) is 5.09. The van der Waals surface area contributed by atoms with Crippen molar-refractivity contribution in [2.24, 2.45) is 0 Å². The molecule has 1 aromatic heterocycles. The Hall–Kier alpha value is -1.72. The van der Waals surface area contributed by atoms with Crippen LogP contribution in [0.1, 0.15) is 31.9 Å². The van der Waals surface area contributed by atoms with Crippen LogP contribution in [0, 0.1) is 11.3 Å². The largest absolute Gasteiger partial charge is 0.471 e. The molecule has 21 heavy (non-hydrogen) atoms. The molecular weight excluding hydrogens is 292 g/mol. The molecule has 0 N–H and O–H groups in total. The second-order valence-electron chi connectivity index (χ2n) is 4.88. The van der Waals surface area contributed by atoms with Gasteiger partial charge in [-0.15, -0.1) is 0 Å². The highest BCUT2D eigenvalue weighted by molar-refractivity contribution is 7.89. The topological polar surface area (TPSA) is 96.2 Å². The lowest BCUT2D eigenvalue weighted by atomic mass is 10.3. The Bertz CT molecular complexity index is 627. The molecule has 8 heteroatoms. The Labute approximate surface area is 124 Å². The minimum Gasteiger partial charge on any atom is -0.471 e. The van der Waals surface area contributed by atoms with Crippen LogP contribution in [0.15, 0.2) is 12.4 Å². The van der Waals surface area contributed by atoms with Crippen LogP contribution < -0.4 is 4.74 Å². The van der Waals surface area contributed by atoms with Crippen LogP contribution in [0.25, 0.3) is 0 Å². The molecule has 0 saturated carbocycles. The summed E-state index contributed by atoms with van der Waals surface area (Å²) in [7, 11) is -3.21. The Morgan fingerprint density at radius 1 is 1.48 bits per heavy atom. The summed E-state index contributed by atoms with van der Waals surface area (Å²) in [5.74, 6) is 0.336. The third kappa shape index (κ3) is 3.89. The van der Waals surface area contributed by atoms with Gasteiger partial charge in [-0.3, -0.25) is 0 Å². The molecule has 0 bridgehead atoms. The molecule has 1 fully saturated rings. The summed E-state index contributed by atoms with van der Waals surface area (Å²) in [5, 5.41) is 8.93. The van der Waals surface area contributed by atoms with Gasteiger partial charge >= 0.3 is 0 Å². The van der Waals surface area contributed by atoms with Crippen molar-refractivity contribution >= 4 is 10.0 Å². The van der Waals surface area contributed by atoms with Gasteiger partial charge in [0.2, 0.25) is 15.7 Å². The van der Waals surface area contributed by atoms with Crippen molar-refractivity contribution in [2.75, 3.05) is 18.8 Å². The summed E-state index contributed by atoms with van der Waals surface area (Å²) in [6, 6.07) is 1.91. The van der Waals surface area contributed by atoms with Crippen LogP contribution in [0.4, 0.5) is 0 Å². The quantitative estimate of drug-likeness (QED) is 0.775. The van der Waals surface area contributed by atoms with E-state index in [-0.39, 0.29) is 23.4 Å². The van der Waals surface area contributed by atoms with Crippen LogP contribution >= 0.6 is 0 Å². The molecule has 1 atom stereocenters. The first-order chi connectivity index (χ1) is 10.1. The molecule has 2 heterocycles. The van der Waals surface area contributed by atoms with Crippen molar-refractivity contribution in [3.63, 3.8) is 0 Å². The van der Waals surface area contributed by atoms with Gasteiger partial charge in [0.25, 0.3) is 5.88 Å². The maximum Gasteiger partial charge on any atom is 0.251 e. The van der Waals surface area contributed by atoms with Gasteiger partial charge in [-0.05, 0) is 12.8 Å². The van der Waals surface area contributed by atoms with Gasteiger partial charge in [0.15, 0.2) is 0 Å². The SMILES string of the molecule is CCCCS(=O)(=O)N1CCC(Oc2nccnc2C#N)C1. The maximum atomic E-state index is 12.1. The molecular formula is C13H18N4O3S. The molecule has 0 aliphatic carbocycles. The summed E-state index contributed by atoms with van der Waals surface area (Å²) >= 11 is 0. The van der Waals surface area contributed by atoms with E-state index in [0.29, 0.717) is 25.9 Å². The van der Waals surface area contributed by atoms with Gasteiger partial charge in [-0.25, -0.2) is 18.4 Å². The number of rotatable bonds is 6. The Morgan fingerprint density at radius 3 is 2.95 bits per heavy atom. The van der Waals surface area contributed by atoms with E-state index in [2.05, 4.69) is 9.97 Å². The first-order valence-corrected chi connectivity index (χ1v) is 8.53. The lowest BCUT2D eigenvalue weighted by Crippen LogP contribution is -2.33. The fraction of sp³-hybridized carbons (Fsp3) is 0.615. The van der Waals surface area contributed by atoms with Gasteiger partial charge in [0.1, 0.15) is 12.2 Å². The summed E-state index contributed by atoms with van der Waals surface area (Å²) < 4.78 is 31.3. The molecule has 1 unspecified atom stereocenters. The number of sulfonamides is 1. The number of hydrogen-bond acceptors (Lipinski definition) is 6. The monoisotopic (exact) mass is 310 g/mol. The van der Waals surface area contributed by atoms with E-state index in [1.165, 1.54) is 16.7 Å². The van der Waals surface area contributed by atoms with E-state index in [0.717, 1.165) is 6.42 Å². The molecule has 1 saturated heterocycles. The second-order valence-corrected chi connectivity index (χ2v) is 6.97. The normalized spacial score (nSPS) is 19.3. The van der Waals surface area contributed by atoms with Crippen molar-refractivity contribution < 1.29 is 13.2 Å². The van der Waals surface area contributed by atoms with Crippen molar-refractivity contribution in [1.82, 2.24) is 14.3 Å².